The van der Waals surface area contributed by atoms with Gasteiger partial charge in [-0.25, -0.2) is 0 Å². The molecular weight excluding hydrogens is 544 g/mol. The van der Waals surface area contributed by atoms with Crippen molar-refractivity contribution in [2.75, 3.05) is 28.4 Å². The lowest BCUT2D eigenvalue weighted by Crippen LogP contribution is -2.36. The Kier molecular flexibility index (Phi) is 7.06. The van der Waals surface area contributed by atoms with Crippen LogP contribution in [0.1, 0.15) is 34.6 Å². The van der Waals surface area contributed by atoms with E-state index in [2.05, 4.69) is 140 Å². The van der Waals surface area contributed by atoms with Crippen LogP contribution in [0.5, 0.6) is 0 Å². The zero-order chi connectivity index (χ0) is 30.4. The van der Waals surface area contributed by atoms with E-state index in [0.717, 1.165) is 28.7 Å². The second kappa shape index (κ2) is 10.8. The number of allylic oxidation sites excluding steroid dienone is 2. The molecule has 0 amide bonds. The van der Waals surface area contributed by atoms with E-state index < -0.39 is 22.4 Å². The van der Waals surface area contributed by atoms with Gasteiger partial charge in [0.15, 0.2) is 0 Å². The lowest BCUT2D eigenvalue weighted by Gasteiger charge is -2.38. The van der Waals surface area contributed by atoms with Gasteiger partial charge in [0.25, 0.3) is 0 Å². The molecule has 3 aromatic rings. The first kappa shape index (κ1) is 28.7. The summed E-state index contributed by atoms with van der Waals surface area (Å²) in [6.45, 7) is 0. The van der Waals surface area contributed by atoms with Crippen LogP contribution in [-0.4, -0.2) is 34.0 Å². The Morgan fingerprint density at radius 3 is 1.20 bits per heavy atom. The lowest BCUT2D eigenvalue weighted by molar-refractivity contribution is 0.0419. The van der Waals surface area contributed by atoms with Crippen LogP contribution in [0.2, 0.25) is 0 Å². The van der Waals surface area contributed by atoms with Gasteiger partial charge < -0.3 is 18.9 Å². The third-order valence-corrected chi connectivity index (χ3v) is 10.0. The van der Waals surface area contributed by atoms with Crippen LogP contribution >= 0.6 is 0 Å². The number of hydrogen-bond donors (Lipinski definition) is 0. The fraction of sp³-hybridized carbons (Fsp3) is 0.250. The van der Waals surface area contributed by atoms with Crippen LogP contribution in [0.15, 0.2) is 145 Å². The quantitative estimate of drug-likeness (QED) is 0.291. The minimum absolute atomic E-state index is 0.313. The first-order chi connectivity index (χ1) is 21.4. The summed E-state index contributed by atoms with van der Waals surface area (Å²) in [6, 6.07) is 26.0. The van der Waals surface area contributed by atoms with E-state index in [1.165, 1.54) is 16.7 Å². The molecule has 0 N–H and O–H groups in total. The summed E-state index contributed by atoms with van der Waals surface area (Å²) in [6.07, 6.45) is 24.5. The van der Waals surface area contributed by atoms with E-state index in [0.29, 0.717) is 5.92 Å². The normalized spacial score (nSPS) is 31.3. The van der Waals surface area contributed by atoms with Gasteiger partial charge in [-0.05, 0) is 94.0 Å². The van der Waals surface area contributed by atoms with Crippen molar-refractivity contribution in [2.45, 2.75) is 34.7 Å². The minimum atomic E-state index is -0.725. The molecule has 4 nitrogen and oxygen atoms in total. The molecule has 0 fully saturated rings. The van der Waals surface area contributed by atoms with Crippen molar-refractivity contribution in [3.05, 3.63) is 167 Å². The zero-order valence-electron chi connectivity index (χ0n) is 25.7. The van der Waals surface area contributed by atoms with Crippen molar-refractivity contribution in [1.82, 2.24) is 0 Å². The molecule has 13 aliphatic rings. The molecule has 0 saturated heterocycles. The van der Waals surface area contributed by atoms with Crippen LogP contribution in [0, 0.1) is 0 Å². The fourth-order valence-electron chi connectivity index (χ4n) is 6.99. The highest BCUT2D eigenvalue weighted by molar-refractivity contribution is 5.65. The predicted molar refractivity (Wildman–Crippen MR) is 175 cm³/mol. The number of hydrogen-bond acceptors (Lipinski definition) is 4. The average molecular weight is 583 g/mol. The van der Waals surface area contributed by atoms with E-state index >= 15 is 0 Å². The molecule has 0 aromatic heterocycles. The Morgan fingerprint density at radius 2 is 0.841 bits per heavy atom. The van der Waals surface area contributed by atoms with Gasteiger partial charge in [-0.1, -0.05) is 91.0 Å². The average Bonchev–Trinajstić information content (AvgIpc) is 3.12. The van der Waals surface area contributed by atoms with Crippen LogP contribution in [0.3, 0.4) is 0 Å². The molecule has 0 saturated carbocycles. The number of methoxy groups -OCH3 is 4. The van der Waals surface area contributed by atoms with Gasteiger partial charge in [0, 0.05) is 34.4 Å². The molecule has 1 unspecified atom stereocenters. The summed E-state index contributed by atoms with van der Waals surface area (Å²) in [7, 11) is 6.99. The predicted octanol–water partition coefficient (Wildman–Crippen LogP) is 8.20. The van der Waals surface area contributed by atoms with E-state index in [4.69, 9.17) is 18.9 Å². The van der Waals surface area contributed by atoms with E-state index in [1.54, 1.807) is 28.4 Å². The molecule has 0 spiro atoms. The molecule has 0 radical (unpaired) electrons. The van der Waals surface area contributed by atoms with Gasteiger partial charge in [-0.2, -0.15) is 0 Å². The molecule has 222 valence electrons. The smallest absolute Gasteiger partial charge is 0.129 e. The number of benzene rings is 3. The van der Waals surface area contributed by atoms with Gasteiger partial charge >= 0.3 is 0 Å². The first-order valence-corrected chi connectivity index (χ1v) is 15.2. The third-order valence-electron chi connectivity index (χ3n) is 10.0. The topological polar surface area (TPSA) is 36.9 Å². The van der Waals surface area contributed by atoms with Crippen LogP contribution < -0.4 is 0 Å². The highest BCUT2D eigenvalue weighted by atomic mass is 16.5. The van der Waals surface area contributed by atoms with Crippen molar-refractivity contribution in [1.29, 1.82) is 0 Å². The minimum Gasteiger partial charge on any atom is -0.365 e. The van der Waals surface area contributed by atoms with Gasteiger partial charge in [0.1, 0.15) is 22.4 Å². The second-order valence-electron chi connectivity index (χ2n) is 12.0. The van der Waals surface area contributed by atoms with Crippen LogP contribution in [0.25, 0.3) is 11.1 Å². The molecule has 0 heterocycles. The Bertz CT molecular complexity index is 1690. The van der Waals surface area contributed by atoms with Crippen LogP contribution in [-0.2, 0) is 35.8 Å². The Balaban J connectivity index is 1.35. The van der Waals surface area contributed by atoms with Gasteiger partial charge in [-0.3, -0.25) is 0 Å². The monoisotopic (exact) mass is 582 g/mol. The van der Waals surface area contributed by atoms with Gasteiger partial charge in [0.05, 0.1) is 0 Å². The SMILES string of the molecule is COC12C=CC(OC)(C=C1)c1ccc(cc1)C1(OC)C=CC(OC)(C=C1)c1ccc(cc1)-c1ccc(cc1)C1C=CC2=CC1. The molecule has 16 rings (SSSR count). The molecule has 1 atom stereocenters. The highest BCUT2D eigenvalue weighted by Crippen LogP contribution is 2.43. The molecule has 12 bridgehead atoms. The first-order valence-electron chi connectivity index (χ1n) is 15.2. The van der Waals surface area contributed by atoms with Crippen molar-refractivity contribution < 1.29 is 18.9 Å². The Morgan fingerprint density at radius 1 is 0.477 bits per heavy atom. The summed E-state index contributed by atoms with van der Waals surface area (Å²) in [5.41, 5.74) is 5.09. The lowest BCUT2D eigenvalue weighted by atomic mass is 9.77. The Hall–Kier alpha value is -4.06. The van der Waals surface area contributed by atoms with Gasteiger partial charge in [-0.15, -0.1) is 0 Å². The van der Waals surface area contributed by atoms with Crippen molar-refractivity contribution in [2.24, 2.45) is 0 Å². The summed E-state index contributed by atoms with van der Waals surface area (Å²) in [4.78, 5) is 0. The zero-order valence-corrected chi connectivity index (χ0v) is 25.7. The van der Waals surface area contributed by atoms with Crippen LogP contribution in [0.4, 0.5) is 0 Å². The van der Waals surface area contributed by atoms with E-state index in [9.17, 15) is 0 Å². The maximum absolute atomic E-state index is 6.15. The van der Waals surface area contributed by atoms with Crippen molar-refractivity contribution in [3.63, 3.8) is 0 Å². The molecule has 13 aliphatic carbocycles. The number of rotatable bonds is 4. The molecule has 4 heteroatoms. The summed E-state index contributed by atoms with van der Waals surface area (Å²) in [5, 5.41) is 0. The third kappa shape index (κ3) is 4.44. The largest absolute Gasteiger partial charge is 0.365 e. The highest BCUT2D eigenvalue weighted by Gasteiger charge is 2.39. The van der Waals surface area contributed by atoms with E-state index in [1.807, 2.05) is 0 Å². The fourth-order valence-corrected chi connectivity index (χ4v) is 6.99. The second-order valence-corrected chi connectivity index (χ2v) is 12.0. The number of ether oxygens (including phenoxy) is 4. The van der Waals surface area contributed by atoms with Crippen molar-refractivity contribution >= 4 is 0 Å². The molecule has 0 aliphatic heterocycles. The standard InChI is InChI=1S/C40H38O4/c1-41-37-21-25-39(43-3,26-22-37)35-17-19-36(20-18-35)40(44-4)27-23-38(42-2,24-28-40)34-15-11-32(12-16-34)30-7-5-29(6-8-30)31-9-13-33(37)14-10-31/h5-11,13-28,32H,12H2,1-4H3. The summed E-state index contributed by atoms with van der Waals surface area (Å²) in [5.74, 6) is 0.313. The van der Waals surface area contributed by atoms with Gasteiger partial charge in [0.2, 0.25) is 0 Å². The Labute approximate surface area is 260 Å². The molecule has 3 aromatic carbocycles. The van der Waals surface area contributed by atoms with E-state index in [-0.39, 0.29) is 0 Å². The molecule has 44 heavy (non-hydrogen) atoms. The maximum atomic E-state index is 6.15. The summed E-state index contributed by atoms with van der Waals surface area (Å²) >= 11 is 0. The van der Waals surface area contributed by atoms with Crippen molar-refractivity contribution in [3.8, 4) is 11.1 Å². The summed E-state index contributed by atoms with van der Waals surface area (Å²) < 4.78 is 24.6. The maximum Gasteiger partial charge on any atom is 0.129 e. The molecular formula is C40H38O4.